The van der Waals surface area contributed by atoms with Crippen LogP contribution in [0.15, 0.2) is 72.8 Å². The van der Waals surface area contributed by atoms with Crippen molar-refractivity contribution in [1.82, 2.24) is 0 Å². The Morgan fingerprint density at radius 1 is 0.725 bits per heavy atom. The van der Waals surface area contributed by atoms with Gasteiger partial charge in [0.1, 0.15) is 7.05 Å². The molecule has 0 aliphatic heterocycles. The topological polar surface area (TPSA) is 68.8 Å². The summed E-state index contributed by atoms with van der Waals surface area (Å²) >= 11 is 0. The van der Waals surface area contributed by atoms with Crippen molar-refractivity contribution < 1.29 is 9.15 Å². The smallest absolute Gasteiger partial charge is 0.272 e. The van der Waals surface area contributed by atoms with Crippen LogP contribution < -0.4 is 9.80 Å². The summed E-state index contributed by atoms with van der Waals surface area (Å²) in [5.41, 5.74) is 6.23. The first-order valence-corrected chi connectivity index (χ1v) is 13.2. The van der Waals surface area contributed by atoms with Crippen molar-refractivity contribution >= 4 is 34.2 Å². The fourth-order valence-corrected chi connectivity index (χ4v) is 4.42. The minimum atomic E-state index is 0.405. The molecule has 0 atom stereocenters. The van der Waals surface area contributed by atoms with Gasteiger partial charge in [-0.3, -0.25) is 0 Å². The van der Waals surface area contributed by atoms with Crippen LogP contribution in [0.4, 0.5) is 22.7 Å². The first-order valence-electron chi connectivity index (χ1n) is 13.2. The quantitative estimate of drug-likeness (QED) is 0.214. The number of hydrogen-bond acceptors (Lipinski definition) is 4. The third-order valence-corrected chi connectivity index (χ3v) is 6.78. The van der Waals surface area contributed by atoms with Crippen molar-refractivity contribution in [2.45, 2.75) is 12.8 Å². The predicted molar refractivity (Wildman–Crippen MR) is 161 cm³/mol. The molecular formula is C32H34N8+2. The van der Waals surface area contributed by atoms with Crippen LogP contribution >= 0.6 is 0 Å². The molecule has 1 aliphatic rings. The molecule has 3 rings (SSSR count). The normalized spacial score (nSPS) is 11.7. The van der Waals surface area contributed by atoms with E-state index in [2.05, 4.69) is 89.3 Å². The average molecular weight is 531 g/mol. The van der Waals surface area contributed by atoms with Crippen LogP contribution in [0.25, 0.3) is 9.69 Å². The highest BCUT2D eigenvalue weighted by molar-refractivity contribution is 6.15. The van der Waals surface area contributed by atoms with E-state index in [1.165, 1.54) is 0 Å². The molecule has 0 amide bonds. The third-order valence-electron chi connectivity index (χ3n) is 6.78. The number of rotatable bonds is 12. The van der Waals surface area contributed by atoms with Crippen molar-refractivity contribution in [1.29, 1.82) is 10.5 Å². The van der Waals surface area contributed by atoms with E-state index in [1.807, 2.05) is 38.4 Å². The molecule has 0 aromatic heterocycles. The molecule has 0 fully saturated rings. The van der Waals surface area contributed by atoms with E-state index < -0.39 is 0 Å². The van der Waals surface area contributed by atoms with Crippen LogP contribution in [0.1, 0.15) is 12.8 Å². The maximum atomic E-state index is 8.97. The molecule has 200 valence electrons. The van der Waals surface area contributed by atoms with E-state index in [9.17, 15) is 0 Å². The second kappa shape index (κ2) is 15.3. The molecule has 8 heteroatoms. The van der Waals surface area contributed by atoms with Crippen molar-refractivity contribution in [3.8, 4) is 12.1 Å². The molecule has 0 saturated carbocycles. The molecule has 2 aromatic carbocycles. The lowest BCUT2D eigenvalue weighted by Gasteiger charge is -2.24. The van der Waals surface area contributed by atoms with Gasteiger partial charge < -0.3 is 19.5 Å². The van der Waals surface area contributed by atoms with E-state index in [1.54, 1.807) is 0 Å². The molecule has 0 radical (unpaired) electrons. The Morgan fingerprint density at radius 2 is 1.27 bits per heavy atom. The molecular weight excluding hydrogens is 496 g/mol. The van der Waals surface area contributed by atoms with Gasteiger partial charge in [0.05, 0.1) is 31.5 Å². The Bertz CT molecular complexity index is 1390. The van der Waals surface area contributed by atoms with Gasteiger partial charge in [-0.1, -0.05) is 0 Å². The van der Waals surface area contributed by atoms with Crippen molar-refractivity contribution in [2.75, 3.05) is 63.2 Å². The molecule has 0 saturated heterocycles. The molecule has 0 N–H and O–H groups in total. The average Bonchev–Trinajstić information content (AvgIpc) is 3.01. The summed E-state index contributed by atoms with van der Waals surface area (Å²) < 4.78 is 4.21. The van der Waals surface area contributed by atoms with Gasteiger partial charge in [0.2, 0.25) is 30.2 Å². The third kappa shape index (κ3) is 7.91. The summed E-state index contributed by atoms with van der Waals surface area (Å²) in [4.78, 5) is 11.1. The lowest BCUT2D eigenvalue weighted by atomic mass is 10.1. The highest BCUT2D eigenvalue weighted by Crippen LogP contribution is 2.28. The lowest BCUT2D eigenvalue weighted by Crippen LogP contribution is -2.26. The monoisotopic (exact) mass is 530 g/mol. The van der Waals surface area contributed by atoms with Crippen molar-refractivity contribution in [3.05, 3.63) is 95.7 Å². The minimum Gasteiger partial charge on any atom is -0.363 e. The lowest BCUT2D eigenvalue weighted by molar-refractivity contribution is -0.521. The summed E-state index contributed by atoms with van der Waals surface area (Å²) in [7, 11) is 4.07. The number of anilines is 3. The van der Waals surface area contributed by atoms with Gasteiger partial charge in [0.15, 0.2) is 6.54 Å². The second-order valence-electron chi connectivity index (χ2n) is 9.22. The summed E-state index contributed by atoms with van der Waals surface area (Å²) in [6.07, 6.45) is 9.06. The standard InChI is InChI=1S/C32H34N8/c1-35-21-25-39(23-5-19-33)31-15-11-29(12-16-31)37(3)27-7-9-28(10-8-27)38(4)30-13-17-32(18-14-30)40(24-6-20-34)26-22-36-2/h7-18H,5-6,21-26H2,3-4H3/q+2. The van der Waals surface area contributed by atoms with Crippen LogP contribution in [-0.4, -0.2) is 73.9 Å². The Labute approximate surface area is 237 Å². The van der Waals surface area contributed by atoms with Gasteiger partial charge in [0.25, 0.3) is 6.54 Å². The maximum Gasteiger partial charge on any atom is 0.272 e. The first kappa shape index (κ1) is 29.4. The number of nitriles is 2. The number of benzene rings is 2. The summed E-state index contributed by atoms with van der Waals surface area (Å²) in [6.45, 7) is 17.4. The van der Waals surface area contributed by atoms with Gasteiger partial charge in [0, 0.05) is 67.1 Å². The highest BCUT2D eigenvalue weighted by atomic mass is 15.1. The fraction of sp³-hybridized carbons (Fsp3) is 0.312. The first-order chi connectivity index (χ1) is 19.5. The van der Waals surface area contributed by atoms with Gasteiger partial charge in [-0.25, -0.2) is 17.7 Å². The van der Waals surface area contributed by atoms with Crippen LogP contribution in [0.5, 0.6) is 0 Å². The molecule has 40 heavy (non-hydrogen) atoms. The Kier molecular flexibility index (Phi) is 11.2. The van der Waals surface area contributed by atoms with Gasteiger partial charge in [-0.15, -0.1) is 0 Å². The van der Waals surface area contributed by atoms with Gasteiger partial charge >= 0.3 is 0 Å². The Balaban J connectivity index is 1.73. The maximum absolute atomic E-state index is 8.97. The predicted octanol–water partition coefficient (Wildman–Crippen LogP) is 5.22. The molecule has 1 aliphatic carbocycles. The zero-order chi connectivity index (χ0) is 28.7. The van der Waals surface area contributed by atoms with E-state index >= 15 is 0 Å². The van der Waals surface area contributed by atoms with E-state index in [0.29, 0.717) is 52.1 Å². The van der Waals surface area contributed by atoms with Crippen LogP contribution in [0.3, 0.4) is 0 Å². The van der Waals surface area contributed by atoms with Crippen molar-refractivity contribution in [3.63, 3.8) is 0 Å². The zero-order valence-corrected chi connectivity index (χ0v) is 23.2. The highest BCUT2D eigenvalue weighted by Gasteiger charge is 2.18. The molecule has 0 bridgehead atoms. The summed E-state index contributed by atoms with van der Waals surface area (Å²) in [6, 6.07) is 21.0. The molecule has 0 unspecified atom stereocenters. The summed E-state index contributed by atoms with van der Waals surface area (Å²) in [5, 5.41) is 17.9. The number of hydrogen-bond donors (Lipinski definition) is 0. The molecule has 2 aromatic rings. The molecule has 0 heterocycles. The number of nitrogens with zero attached hydrogens (tertiary/aromatic N) is 8. The van der Waals surface area contributed by atoms with Crippen LogP contribution in [0.2, 0.25) is 0 Å². The minimum absolute atomic E-state index is 0.405. The Morgan fingerprint density at radius 3 is 1.85 bits per heavy atom. The van der Waals surface area contributed by atoms with E-state index in [-0.39, 0.29) is 0 Å². The van der Waals surface area contributed by atoms with Crippen molar-refractivity contribution in [2.24, 2.45) is 0 Å². The van der Waals surface area contributed by atoms with Crippen LogP contribution in [-0.2, 0) is 0 Å². The van der Waals surface area contributed by atoms with E-state index in [4.69, 9.17) is 23.7 Å². The van der Waals surface area contributed by atoms with E-state index in [0.717, 1.165) is 34.2 Å². The van der Waals surface area contributed by atoms with Crippen LogP contribution in [0, 0.1) is 35.8 Å². The molecule has 0 spiro atoms. The molecule has 8 nitrogen and oxygen atoms in total. The Hall–Kier alpha value is -5.18. The largest absolute Gasteiger partial charge is 0.363 e. The zero-order valence-electron chi connectivity index (χ0n) is 23.2. The summed E-state index contributed by atoms with van der Waals surface area (Å²) in [5.74, 6) is 0. The number of allylic oxidation sites excluding steroid dienone is 4. The van der Waals surface area contributed by atoms with Gasteiger partial charge in [-0.05, 0) is 36.4 Å². The SMILES string of the molecule is [C-]#[N+]CCN(CCC#N)c1ccc(N(C)c2ccc([N+](C)=C3C=CC(=[N+](CCC#N)CC[N+]#[C-])C=C3)cc2)cc1. The van der Waals surface area contributed by atoms with Gasteiger partial charge in [-0.2, -0.15) is 15.1 Å². The second-order valence-corrected chi connectivity index (χ2v) is 9.22. The fourth-order valence-electron chi connectivity index (χ4n) is 4.42.